The summed E-state index contributed by atoms with van der Waals surface area (Å²) < 4.78 is 10.5. The van der Waals surface area contributed by atoms with Crippen LogP contribution in [0.15, 0.2) is 18.3 Å². The van der Waals surface area contributed by atoms with Crippen LogP contribution in [0.25, 0.3) is 0 Å². The minimum Gasteiger partial charge on any atom is -0.462 e. The molecule has 3 N–H and O–H groups in total. The highest BCUT2D eigenvalue weighted by Crippen LogP contribution is 2.25. The zero-order chi connectivity index (χ0) is 14.5. The molecule has 0 amide bonds. The van der Waals surface area contributed by atoms with E-state index >= 15 is 0 Å². The minimum atomic E-state index is -0.362. The minimum absolute atomic E-state index is 0.0656. The lowest BCUT2D eigenvalue weighted by Crippen LogP contribution is -2.60. The molecule has 1 fully saturated rings. The van der Waals surface area contributed by atoms with Crippen LogP contribution in [0, 0.1) is 0 Å². The molecule has 3 unspecified atom stereocenters. The summed E-state index contributed by atoms with van der Waals surface area (Å²) in [5.41, 5.74) is 6.41. The molecule has 0 bridgehead atoms. The van der Waals surface area contributed by atoms with Crippen molar-refractivity contribution in [2.24, 2.45) is 5.73 Å². The highest BCUT2D eigenvalue weighted by molar-refractivity contribution is 5.89. The Labute approximate surface area is 118 Å². The second-order valence-electron chi connectivity index (χ2n) is 4.72. The fourth-order valence-corrected chi connectivity index (χ4v) is 2.21. The molecule has 1 aromatic rings. The standard InChI is InChI=1S/C14H21N3O3/c1-3-19-11-7-10(15)13(11)17-12-6-5-9(8-16-12)14(18)20-4-2/h5-6,8,10-11,13H,3-4,7,15H2,1-2H3,(H,16,17). The van der Waals surface area contributed by atoms with Crippen molar-refractivity contribution in [1.29, 1.82) is 0 Å². The van der Waals surface area contributed by atoms with Gasteiger partial charge in [-0.15, -0.1) is 0 Å². The van der Waals surface area contributed by atoms with Crippen LogP contribution in [0.5, 0.6) is 0 Å². The van der Waals surface area contributed by atoms with E-state index in [4.69, 9.17) is 15.2 Å². The number of ether oxygens (including phenoxy) is 2. The first kappa shape index (κ1) is 14.7. The van der Waals surface area contributed by atoms with E-state index in [1.54, 1.807) is 19.1 Å². The van der Waals surface area contributed by atoms with Gasteiger partial charge < -0.3 is 20.5 Å². The molecular formula is C14H21N3O3. The van der Waals surface area contributed by atoms with Gasteiger partial charge in [0.1, 0.15) is 5.82 Å². The predicted molar refractivity (Wildman–Crippen MR) is 75.6 cm³/mol. The van der Waals surface area contributed by atoms with Gasteiger partial charge >= 0.3 is 5.97 Å². The van der Waals surface area contributed by atoms with Gasteiger partial charge in [-0.1, -0.05) is 0 Å². The van der Waals surface area contributed by atoms with Crippen molar-refractivity contribution < 1.29 is 14.3 Å². The average Bonchev–Trinajstić information content (AvgIpc) is 2.45. The molecule has 0 radical (unpaired) electrons. The van der Waals surface area contributed by atoms with Crippen LogP contribution in [0.2, 0.25) is 0 Å². The summed E-state index contributed by atoms with van der Waals surface area (Å²) in [5.74, 6) is 0.321. The lowest BCUT2D eigenvalue weighted by Gasteiger charge is -2.42. The molecule has 20 heavy (non-hydrogen) atoms. The zero-order valence-corrected chi connectivity index (χ0v) is 11.8. The zero-order valence-electron chi connectivity index (χ0n) is 11.8. The molecule has 1 heterocycles. The molecule has 2 rings (SSSR count). The van der Waals surface area contributed by atoms with Crippen LogP contribution in [0.4, 0.5) is 5.82 Å². The fraction of sp³-hybridized carbons (Fsp3) is 0.571. The van der Waals surface area contributed by atoms with Crippen LogP contribution >= 0.6 is 0 Å². The molecule has 0 aromatic carbocycles. The molecule has 110 valence electrons. The number of nitrogens with two attached hydrogens (primary N) is 1. The lowest BCUT2D eigenvalue weighted by atomic mass is 9.83. The Kier molecular flexibility index (Phi) is 4.92. The summed E-state index contributed by atoms with van der Waals surface area (Å²) in [6.07, 6.45) is 2.48. The number of anilines is 1. The number of pyridine rings is 1. The third-order valence-electron chi connectivity index (χ3n) is 3.34. The largest absolute Gasteiger partial charge is 0.462 e. The summed E-state index contributed by atoms with van der Waals surface area (Å²) >= 11 is 0. The number of rotatable bonds is 6. The molecule has 0 aliphatic heterocycles. The first-order chi connectivity index (χ1) is 9.65. The second kappa shape index (κ2) is 6.67. The molecule has 1 aliphatic carbocycles. The van der Waals surface area contributed by atoms with Gasteiger partial charge in [-0.05, 0) is 32.4 Å². The van der Waals surface area contributed by atoms with E-state index in [0.717, 1.165) is 6.42 Å². The smallest absolute Gasteiger partial charge is 0.339 e. The molecule has 0 saturated heterocycles. The van der Waals surface area contributed by atoms with E-state index in [2.05, 4.69) is 10.3 Å². The topological polar surface area (TPSA) is 86.5 Å². The normalized spacial score (nSPS) is 24.9. The van der Waals surface area contributed by atoms with Gasteiger partial charge in [0.25, 0.3) is 0 Å². The van der Waals surface area contributed by atoms with Crippen molar-refractivity contribution in [3.8, 4) is 0 Å². The number of carbonyl (C=O) groups is 1. The summed E-state index contributed by atoms with van der Waals surface area (Å²) in [6, 6.07) is 3.57. The van der Waals surface area contributed by atoms with Gasteiger partial charge in [0, 0.05) is 18.8 Å². The second-order valence-corrected chi connectivity index (χ2v) is 4.72. The van der Waals surface area contributed by atoms with Crippen molar-refractivity contribution in [1.82, 2.24) is 4.98 Å². The van der Waals surface area contributed by atoms with Crippen LogP contribution < -0.4 is 11.1 Å². The number of carbonyl (C=O) groups excluding carboxylic acids is 1. The van der Waals surface area contributed by atoms with Crippen LogP contribution in [-0.2, 0) is 9.47 Å². The Bertz CT molecular complexity index is 447. The van der Waals surface area contributed by atoms with E-state index in [-0.39, 0.29) is 24.2 Å². The molecule has 1 aliphatic rings. The molecule has 6 nitrogen and oxygen atoms in total. The number of nitrogens with zero attached hydrogens (tertiary/aromatic N) is 1. The maximum atomic E-state index is 11.5. The number of aromatic nitrogens is 1. The van der Waals surface area contributed by atoms with Gasteiger partial charge in [0.15, 0.2) is 0 Å². The molecule has 1 saturated carbocycles. The van der Waals surface area contributed by atoms with E-state index < -0.39 is 0 Å². The van der Waals surface area contributed by atoms with Gasteiger partial charge in [-0.2, -0.15) is 0 Å². The lowest BCUT2D eigenvalue weighted by molar-refractivity contribution is -0.0127. The van der Waals surface area contributed by atoms with Crippen LogP contribution in [0.1, 0.15) is 30.6 Å². The number of esters is 1. The Hall–Kier alpha value is -1.66. The van der Waals surface area contributed by atoms with Gasteiger partial charge in [0.05, 0.1) is 24.3 Å². The Morgan fingerprint density at radius 3 is 2.80 bits per heavy atom. The van der Waals surface area contributed by atoms with Crippen molar-refractivity contribution >= 4 is 11.8 Å². The highest BCUT2D eigenvalue weighted by atomic mass is 16.5. The Balaban J connectivity index is 1.95. The average molecular weight is 279 g/mol. The van der Waals surface area contributed by atoms with E-state index in [1.165, 1.54) is 6.20 Å². The fourth-order valence-electron chi connectivity index (χ4n) is 2.21. The van der Waals surface area contributed by atoms with Gasteiger partial charge in [0.2, 0.25) is 0 Å². The highest BCUT2D eigenvalue weighted by Gasteiger charge is 2.39. The van der Waals surface area contributed by atoms with Gasteiger partial charge in [-0.3, -0.25) is 0 Å². The van der Waals surface area contributed by atoms with Crippen molar-refractivity contribution in [3.63, 3.8) is 0 Å². The molecule has 3 atom stereocenters. The van der Waals surface area contributed by atoms with E-state index in [9.17, 15) is 4.79 Å². The van der Waals surface area contributed by atoms with Crippen molar-refractivity contribution in [3.05, 3.63) is 23.9 Å². The summed E-state index contributed by atoms with van der Waals surface area (Å²) in [5, 5.41) is 3.25. The van der Waals surface area contributed by atoms with Gasteiger partial charge in [-0.25, -0.2) is 9.78 Å². The number of hydrogen-bond acceptors (Lipinski definition) is 6. The maximum Gasteiger partial charge on any atom is 0.339 e. The predicted octanol–water partition coefficient (Wildman–Crippen LogP) is 1.17. The Morgan fingerprint density at radius 1 is 1.45 bits per heavy atom. The van der Waals surface area contributed by atoms with E-state index in [1.807, 2.05) is 6.92 Å². The first-order valence-electron chi connectivity index (χ1n) is 6.92. The number of hydrogen-bond donors (Lipinski definition) is 2. The monoisotopic (exact) mass is 279 g/mol. The first-order valence-corrected chi connectivity index (χ1v) is 6.92. The summed E-state index contributed by atoms with van der Waals surface area (Å²) in [7, 11) is 0. The SMILES string of the molecule is CCOC(=O)c1ccc(NC2C(N)CC2OCC)nc1. The van der Waals surface area contributed by atoms with Crippen LogP contribution in [-0.4, -0.2) is 42.4 Å². The number of nitrogens with one attached hydrogen (secondary N) is 1. The molecule has 1 aromatic heterocycles. The van der Waals surface area contributed by atoms with Crippen molar-refractivity contribution in [2.45, 2.75) is 38.5 Å². The molecule has 0 spiro atoms. The third-order valence-corrected chi connectivity index (χ3v) is 3.34. The summed E-state index contributed by atoms with van der Waals surface area (Å²) in [4.78, 5) is 15.7. The Morgan fingerprint density at radius 2 is 2.25 bits per heavy atom. The molecular weight excluding hydrogens is 258 g/mol. The maximum absolute atomic E-state index is 11.5. The van der Waals surface area contributed by atoms with Crippen LogP contribution in [0.3, 0.4) is 0 Å². The third kappa shape index (κ3) is 3.26. The summed E-state index contributed by atoms with van der Waals surface area (Å²) in [6.45, 7) is 4.76. The van der Waals surface area contributed by atoms with Crippen molar-refractivity contribution in [2.75, 3.05) is 18.5 Å². The molecule has 6 heteroatoms. The van der Waals surface area contributed by atoms with E-state index in [0.29, 0.717) is 24.6 Å². The quantitative estimate of drug-likeness (QED) is 0.760.